The molecule has 0 aromatic carbocycles. The van der Waals surface area contributed by atoms with Crippen LogP contribution in [-0.2, 0) is 4.43 Å². The maximum absolute atomic E-state index is 15.0. The van der Waals surface area contributed by atoms with Crippen molar-refractivity contribution in [2.24, 2.45) is 0 Å². The van der Waals surface area contributed by atoms with Gasteiger partial charge in [0.25, 0.3) is 0 Å². The molecule has 3 rings (SSSR count). The van der Waals surface area contributed by atoms with Gasteiger partial charge in [0.15, 0.2) is 14.1 Å². The Bertz CT molecular complexity index is 791. The van der Waals surface area contributed by atoms with E-state index in [1.54, 1.807) is 6.20 Å². The van der Waals surface area contributed by atoms with Crippen LogP contribution < -0.4 is 0 Å². The van der Waals surface area contributed by atoms with Gasteiger partial charge in [0.2, 0.25) is 0 Å². The maximum Gasteiger partial charge on any atom is 0.192 e. The molecule has 0 spiro atoms. The first kappa shape index (κ1) is 21.2. The molecule has 1 unspecified atom stereocenters. The van der Waals surface area contributed by atoms with E-state index >= 15 is 0 Å². The number of rotatable bonds is 4. The van der Waals surface area contributed by atoms with Crippen molar-refractivity contribution < 1.29 is 8.82 Å². The molecule has 1 aliphatic carbocycles. The lowest BCUT2D eigenvalue weighted by molar-refractivity contribution is 0.0448. The van der Waals surface area contributed by atoms with Gasteiger partial charge < -0.3 is 8.99 Å². The number of aryl methyl sites for hydroxylation is 2. The number of halogens is 1. The topological polar surface area (TPSA) is 39.9 Å². The van der Waals surface area contributed by atoms with Crippen LogP contribution in [-0.4, -0.2) is 35.1 Å². The first-order chi connectivity index (χ1) is 13.0. The predicted molar refractivity (Wildman–Crippen MR) is 114 cm³/mol. The highest BCUT2D eigenvalue weighted by molar-refractivity contribution is 6.74. The summed E-state index contributed by atoms with van der Waals surface area (Å²) in [4.78, 5) is 9.24. The summed E-state index contributed by atoms with van der Waals surface area (Å²) in [5.74, 6) is 0.929. The van der Waals surface area contributed by atoms with E-state index in [2.05, 4.69) is 74.4 Å². The van der Waals surface area contributed by atoms with Crippen LogP contribution in [0.15, 0.2) is 24.5 Å². The van der Waals surface area contributed by atoms with E-state index in [0.29, 0.717) is 6.42 Å². The van der Waals surface area contributed by atoms with Gasteiger partial charge in [-0.15, -0.1) is 0 Å². The molecule has 1 saturated carbocycles. The first-order valence-corrected chi connectivity index (χ1v) is 13.2. The lowest BCUT2D eigenvalue weighted by Crippen LogP contribution is -2.47. The van der Waals surface area contributed by atoms with E-state index in [4.69, 9.17) is 4.43 Å². The van der Waals surface area contributed by atoms with Crippen LogP contribution in [0.2, 0.25) is 18.1 Å². The number of hydrogen-bond acceptors (Lipinski definition) is 3. The zero-order chi connectivity index (χ0) is 20.7. The predicted octanol–water partition coefficient (Wildman–Crippen LogP) is 5.88. The minimum absolute atomic E-state index is 0.0968. The Morgan fingerprint density at radius 3 is 2.21 bits per heavy atom. The number of aromatic nitrogens is 3. The van der Waals surface area contributed by atoms with Crippen LogP contribution in [0.1, 0.15) is 63.0 Å². The van der Waals surface area contributed by atoms with Crippen molar-refractivity contribution in [2.45, 2.75) is 90.2 Å². The van der Waals surface area contributed by atoms with Crippen LogP contribution in [0, 0.1) is 13.8 Å². The fourth-order valence-corrected chi connectivity index (χ4v) is 5.11. The lowest BCUT2D eigenvalue weighted by Gasteiger charge is -2.42. The highest BCUT2D eigenvalue weighted by atomic mass is 28.4. The van der Waals surface area contributed by atoms with Gasteiger partial charge in [-0.25, -0.2) is 9.37 Å². The molecule has 0 saturated heterocycles. The molecule has 2 aromatic heterocycles. The van der Waals surface area contributed by atoms with E-state index in [1.165, 1.54) is 0 Å². The average molecular weight is 404 g/mol. The molecule has 28 heavy (non-hydrogen) atoms. The van der Waals surface area contributed by atoms with Gasteiger partial charge in [0, 0.05) is 17.3 Å². The summed E-state index contributed by atoms with van der Waals surface area (Å²) in [7, 11) is -1.96. The molecule has 0 amide bonds. The van der Waals surface area contributed by atoms with Crippen LogP contribution >= 0.6 is 0 Å². The van der Waals surface area contributed by atoms with Gasteiger partial charge in [-0.1, -0.05) is 20.8 Å². The van der Waals surface area contributed by atoms with Crippen LogP contribution in [0.4, 0.5) is 4.39 Å². The highest BCUT2D eigenvalue weighted by Crippen LogP contribution is 2.41. The molecule has 2 aromatic rings. The Hall–Kier alpha value is -1.53. The Morgan fingerprint density at radius 1 is 1.07 bits per heavy atom. The van der Waals surface area contributed by atoms with E-state index in [1.807, 2.05) is 6.20 Å². The standard InChI is InChI=1S/C22H34FN3OSi/c1-15-8-9-16(2)26(15)21-14-24-19(13-25-21)17-10-11-20(18(23)12-17)27-28(6,7)22(3,4)5/h8-9,13-14,17-18,20H,10-12H2,1-7H3/t17?,18-,20-/m0/s1. The maximum atomic E-state index is 15.0. The van der Waals surface area contributed by atoms with Crippen LogP contribution in [0.5, 0.6) is 0 Å². The van der Waals surface area contributed by atoms with E-state index < -0.39 is 14.5 Å². The summed E-state index contributed by atoms with van der Waals surface area (Å²) in [5.41, 5.74) is 3.15. The van der Waals surface area contributed by atoms with Crippen molar-refractivity contribution in [2.75, 3.05) is 0 Å². The molecule has 1 aliphatic rings. The number of nitrogens with zero attached hydrogens (tertiary/aromatic N) is 3. The molecule has 2 heterocycles. The average Bonchev–Trinajstić information content (AvgIpc) is 2.94. The molecule has 3 atom stereocenters. The lowest BCUT2D eigenvalue weighted by atomic mass is 9.84. The van der Waals surface area contributed by atoms with E-state index in [9.17, 15) is 4.39 Å². The van der Waals surface area contributed by atoms with Gasteiger partial charge in [-0.2, -0.15) is 0 Å². The second-order valence-corrected chi connectivity index (χ2v) is 14.4. The SMILES string of the molecule is Cc1ccc(C)n1-c1cnc(C2CC[C@H](O[Si](C)(C)C(C)(C)C)[C@@H](F)C2)cn1. The van der Waals surface area contributed by atoms with Gasteiger partial charge >= 0.3 is 0 Å². The fourth-order valence-electron chi connectivity index (χ4n) is 3.73. The van der Waals surface area contributed by atoms with Crippen molar-refractivity contribution >= 4 is 8.32 Å². The van der Waals surface area contributed by atoms with Crippen LogP contribution in [0.25, 0.3) is 5.82 Å². The fraction of sp³-hybridized carbons (Fsp3) is 0.636. The minimum atomic E-state index is -1.96. The Kier molecular flexibility index (Phi) is 5.83. The highest BCUT2D eigenvalue weighted by Gasteiger charge is 2.42. The molecule has 6 heteroatoms. The molecule has 0 bridgehead atoms. The molecule has 1 fully saturated rings. The molecule has 0 aliphatic heterocycles. The van der Waals surface area contributed by atoms with Crippen molar-refractivity contribution in [1.29, 1.82) is 0 Å². The normalized spacial score (nSPS) is 23.8. The van der Waals surface area contributed by atoms with Gasteiger partial charge in [-0.3, -0.25) is 4.98 Å². The van der Waals surface area contributed by atoms with Gasteiger partial charge in [0.05, 0.1) is 24.2 Å². The monoisotopic (exact) mass is 403 g/mol. The summed E-state index contributed by atoms with van der Waals surface area (Å²) in [5, 5.41) is 0.0968. The van der Waals surface area contributed by atoms with Gasteiger partial charge in [0.1, 0.15) is 6.17 Å². The molecule has 0 N–H and O–H groups in total. The molecular formula is C22H34FN3OSi. The first-order valence-electron chi connectivity index (χ1n) is 10.3. The molecule has 154 valence electrons. The number of alkyl halides is 1. The summed E-state index contributed by atoms with van der Waals surface area (Å²) < 4.78 is 23.4. The molecule has 4 nitrogen and oxygen atoms in total. The van der Waals surface area contributed by atoms with Crippen molar-refractivity contribution in [3.63, 3.8) is 0 Å². The van der Waals surface area contributed by atoms with Gasteiger partial charge in [-0.05, 0) is 63.4 Å². The third-order valence-corrected chi connectivity index (χ3v) is 11.0. The largest absolute Gasteiger partial charge is 0.411 e. The van der Waals surface area contributed by atoms with E-state index in [0.717, 1.165) is 35.7 Å². The smallest absolute Gasteiger partial charge is 0.192 e. The van der Waals surface area contributed by atoms with Crippen LogP contribution in [0.3, 0.4) is 0 Å². The Labute approximate surface area is 169 Å². The summed E-state index contributed by atoms with van der Waals surface area (Å²) in [6.45, 7) is 15.1. The van der Waals surface area contributed by atoms with E-state index in [-0.39, 0.29) is 17.1 Å². The second-order valence-electron chi connectivity index (χ2n) is 9.69. The zero-order valence-electron chi connectivity index (χ0n) is 18.3. The molecule has 0 radical (unpaired) electrons. The van der Waals surface area contributed by atoms with Crippen molar-refractivity contribution in [3.05, 3.63) is 41.6 Å². The number of hydrogen-bond donors (Lipinski definition) is 0. The summed E-state index contributed by atoms with van der Waals surface area (Å²) >= 11 is 0. The van der Waals surface area contributed by atoms with Crippen molar-refractivity contribution in [3.8, 4) is 5.82 Å². The third-order valence-electron chi connectivity index (χ3n) is 6.54. The molecular weight excluding hydrogens is 369 g/mol. The summed E-state index contributed by atoms with van der Waals surface area (Å²) in [6.07, 6.45) is 4.52. The Morgan fingerprint density at radius 2 is 1.71 bits per heavy atom. The minimum Gasteiger partial charge on any atom is -0.411 e. The quantitative estimate of drug-likeness (QED) is 0.598. The van der Waals surface area contributed by atoms with Crippen molar-refractivity contribution in [1.82, 2.24) is 14.5 Å². The summed E-state index contributed by atoms with van der Waals surface area (Å²) in [6, 6.07) is 4.14. The third kappa shape index (κ3) is 4.23. The zero-order valence-corrected chi connectivity index (χ0v) is 19.3. The Balaban J connectivity index is 1.67. The second kappa shape index (κ2) is 7.71.